The van der Waals surface area contributed by atoms with Crippen molar-refractivity contribution in [3.05, 3.63) is 76.1 Å². The summed E-state index contributed by atoms with van der Waals surface area (Å²) in [4.78, 5) is 1.97. The number of rotatable bonds is 3. The van der Waals surface area contributed by atoms with Gasteiger partial charge in [-0.2, -0.15) is 0 Å². The molecular weight excluding hydrogens is 302 g/mol. The standard InChI is InChI=1S/C19H21N3O2/c1-19(2)17(14-8-6-5-7-9-14)21(23)18(22(19)24)15-10-12-16(13-11-15)20(3)4/h5-13H,1-4H3. The first kappa shape index (κ1) is 16.1. The molecule has 24 heavy (non-hydrogen) atoms. The van der Waals surface area contributed by atoms with E-state index in [0.717, 1.165) is 20.7 Å². The number of hydroxylamine groups is 2. The molecule has 2 aromatic rings. The van der Waals surface area contributed by atoms with Gasteiger partial charge in [-0.25, -0.2) is 0 Å². The van der Waals surface area contributed by atoms with Gasteiger partial charge < -0.3 is 15.3 Å². The van der Waals surface area contributed by atoms with Crippen molar-refractivity contribution < 1.29 is 9.48 Å². The molecule has 0 atom stereocenters. The van der Waals surface area contributed by atoms with E-state index in [1.54, 1.807) is 13.8 Å². The highest BCUT2D eigenvalue weighted by molar-refractivity contribution is 6.09. The van der Waals surface area contributed by atoms with Crippen LogP contribution in [0.1, 0.15) is 25.0 Å². The highest BCUT2D eigenvalue weighted by Crippen LogP contribution is 2.25. The Bertz CT molecular complexity index is 819. The molecule has 0 N–H and O–H groups in total. The maximum absolute atomic E-state index is 12.9. The monoisotopic (exact) mass is 323 g/mol. The third-order valence-corrected chi connectivity index (χ3v) is 4.36. The third kappa shape index (κ3) is 2.42. The SMILES string of the molecule is CN(C)c1ccc(C2=[N+]([O-])C(C)(C)C(c3ccccc3)=[N+]2[O-])cc1. The second-order valence-electron chi connectivity index (χ2n) is 6.63. The van der Waals surface area contributed by atoms with Gasteiger partial charge in [0.2, 0.25) is 0 Å². The predicted octanol–water partition coefficient (Wildman–Crippen LogP) is 2.80. The van der Waals surface area contributed by atoms with E-state index < -0.39 is 5.54 Å². The average molecular weight is 323 g/mol. The molecule has 1 heterocycles. The number of nitrogens with zero attached hydrogens (tertiary/aromatic N) is 3. The van der Waals surface area contributed by atoms with Gasteiger partial charge in [-0.1, -0.05) is 18.2 Å². The van der Waals surface area contributed by atoms with Gasteiger partial charge in [-0.05, 0) is 36.4 Å². The Morgan fingerprint density at radius 2 is 1.42 bits per heavy atom. The molecular formula is C19H21N3O2. The molecule has 0 saturated heterocycles. The first-order valence-electron chi connectivity index (χ1n) is 7.86. The fraction of sp³-hybridized carbons (Fsp3) is 0.263. The van der Waals surface area contributed by atoms with E-state index in [-0.39, 0.29) is 5.84 Å². The van der Waals surface area contributed by atoms with Crippen LogP contribution >= 0.6 is 0 Å². The van der Waals surface area contributed by atoms with Gasteiger partial charge in [-0.15, -0.1) is 9.48 Å². The van der Waals surface area contributed by atoms with Crippen molar-refractivity contribution in [2.24, 2.45) is 0 Å². The maximum atomic E-state index is 12.9. The normalized spacial score (nSPS) is 16.7. The fourth-order valence-corrected chi connectivity index (χ4v) is 3.01. The number of benzene rings is 2. The van der Waals surface area contributed by atoms with Crippen molar-refractivity contribution in [3.8, 4) is 0 Å². The van der Waals surface area contributed by atoms with Gasteiger partial charge in [0.05, 0.1) is 5.56 Å². The maximum Gasteiger partial charge on any atom is 0.469 e. The van der Waals surface area contributed by atoms with Crippen molar-refractivity contribution in [3.63, 3.8) is 0 Å². The van der Waals surface area contributed by atoms with E-state index in [2.05, 4.69) is 0 Å². The predicted molar refractivity (Wildman–Crippen MR) is 96.8 cm³/mol. The molecule has 0 spiro atoms. The Balaban J connectivity index is 2.13. The van der Waals surface area contributed by atoms with E-state index in [4.69, 9.17) is 0 Å². The zero-order chi connectivity index (χ0) is 17.5. The topological polar surface area (TPSA) is 55.4 Å². The van der Waals surface area contributed by atoms with Crippen LogP contribution in [0.3, 0.4) is 0 Å². The Labute approximate surface area is 142 Å². The molecule has 0 aliphatic carbocycles. The van der Waals surface area contributed by atoms with Gasteiger partial charge in [0.25, 0.3) is 11.3 Å². The molecule has 0 radical (unpaired) electrons. The average Bonchev–Trinajstić information content (AvgIpc) is 2.73. The highest BCUT2D eigenvalue weighted by atomic mass is 16.5. The van der Waals surface area contributed by atoms with Gasteiger partial charge in [-0.3, -0.25) is 0 Å². The minimum absolute atomic E-state index is 0.129. The molecule has 5 heteroatoms. The summed E-state index contributed by atoms with van der Waals surface area (Å²) in [6.45, 7) is 3.54. The van der Waals surface area contributed by atoms with Crippen LogP contribution in [-0.4, -0.2) is 40.7 Å². The lowest BCUT2D eigenvalue weighted by molar-refractivity contribution is -0.530. The largest absolute Gasteiger partial charge is 0.618 e. The van der Waals surface area contributed by atoms with E-state index in [0.29, 0.717) is 11.3 Å². The summed E-state index contributed by atoms with van der Waals surface area (Å²) in [5.41, 5.74) is 1.92. The molecule has 0 bridgehead atoms. The van der Waals surface area contributed by atoms with Crippen molar-refractivity contribution in [1.82, 2.24) is 0 Å². The zero-order valence-corrected chi connectivity index (χ0v) is 14.4. The van der Waals surface area contributed by atoms with Crippen LogP contribution in [0.5, 0.6) is 0 Å². The Hall–Kier alpha value is -2.82. The molecule has 5 nitrogen and oxygen atoms in total. The molecule has 0 fully saturated rings. The van der Waals surface area contributed by atoms with Gasteiger partial charge >= 0.3 is 5.84 Å². The van der Waals surface area contributed by atoms with E-state index >= 15 is 0 Å². The smallest absolute Gasteiger partial charge is 0.469 e. The minimum Gasteiger partial charge on any atom is -0.618 e. The van der Waals surface area contributed by atoms with Crippen LogP contribution in [-0.2, 0) is 0 Å². The van der Waals surface area contributed by atoms with Crippen LogP contribution in [0.4, 0.5) is 5.69 Å². The number of anilines is 1. The summed E-state index contributed by atoms with van der Waals surface area (Å²) in [5.74, 6) is 0.129. The van der Waals surface area contributed by atoms with Crippen molar-refractivity contribution in [1.29, 1.82) is 0 Å². The van der Waals surface area contributed by atoms with Crippen molar-refractivity contribution >= 4 is 17.2 Å². The Morgan fingerprint density at radius 3 is 1.96 bits per heavy atom. The molecule has 124 valence electrons. The summed E-state index contributed by atoms with van der Waals surface area (Å²) in [5, 5.41) is 25.8. The first-order valence-corrected chi connectivity index (χ1v) is 7.86. The Morgan fingerprint density at radius 1 is 0.833 bits per heavy atom. The lowest BCUT2D eigenvalue weighted by Gasteiger charge is -2.16. The molecule has 0 amide bonds. The quantitative estimate of drug-likeness (QED) is 0.645. The molecule has 1 aliphatic heterocycles. The number of amidine groups is 1. The summed E-state index contributed by atoms with van der Waals surface area (Å²) < 4.78 is 1.58. The lowest BCUT2D eigenvalue weighted by Crippen LogP contribution is -2.39. The van der Waals surface area contributed by atoms with Crippen LogP contribution in [0, 0.1) is 10.4 Å². The summed E-state index contributed by atoms with van der Waals surface area (Å²) >= 11 is 0. The second-order valence-corrected chi connectivity index (χ2v) is 6.63. The molecule has 2 aromatic carbocycles. The van der Waals surface area contributed by atoms with Gasteiger partial charge in [0.1, 0.15) is 5.56 Å². The van der Waals surface area contributed by atoms with E-state index in [1.165, 1.54) is 0 Å². The van der Waals surface area contributed by atoms with Crippen LogP contribution in [0.25, 0.3) is 0 Å². The molecule has 0 saturated carbocycles. The van der Waals surface area contributed by atoms with Crippen LogP contribution in [0.15, 0.2) is 54.6 Å². The molecule has 1 aliphatic rings. The van der Waals surface area contributed by atoms with E-state index in [9.17, 15) is 10.4 Å². The molecule has 3 rings (SSSR count). The van der Waals surface area contributed by atoms with Gasteiger partial charge in [0, 0.05) is 33.6 Å². The fourth-order valence-electron chi connectivity index (χ4n) is 3.01. The zero-order valence-electron chi connectivity index (χ0n) is 14.4. The Kier molecular flexibility index (Phi) is 3.79. The highest BCUT2D eigenvalue weighted by Gasteiger charge is 2.52. The first-order chi connectivity index (χ1) is 11.3. The summed E-state index contributed by atoms with van der Waals surface area (Å²) in [6, 6.07) is 16.8. The molecule has 0 unspecified atom stereocenters. The summed E-state index contributed by atoms with van der Waals surface area (Å²) in [7, 11) is 3.89. The van der Waals surface area contributed by atoms with Crippen LogP contribution < -0.4 is 4.90 Å². The van der Waals surface area contributed by atoms with E-state index in [1.807, 2.05) is 73.6 Å². The van der Waals surface area contributed by atoms with Crippen LogP contribution in [0.2, 0.25) is 0 Å². The third-order valence-electron chi connectivity index (χ3n) is 4.36. The lowest BCUT2D eigenvalue weighted by atomic mass is 9.93. The molecule has 0 aromatic heterocycles. The second kappa shape index (κ2) is 5.67. The summed E-state index contributed by atoms with van der Waals surface area (Å²) in [6.07, 6.45) is 0. The minimum atomic E-state index is -0.932. The van der Waals surface area contributed by atoms with Crippen molar-refractivity contribution in [2.45, 2.75) is 19.4 Å². The number of hydrogen-bond acceptors (Lipinski definition) is 3. The van der Waals surface area contributed by atoms with Crippen molar-refractivity contribution in [2.75, 3.05) is 19.0 Å². The number of hydrogen-bond donors (Lipinski definition) is 0. The van der Waals surface area contributed by atoms with Gasteiger partial charge in [0.15, 0.2) is 0 Å².